The lowest BCUT2D eigenvalue weighted by Gasteiger charge is -2.31. The van der Waals surface area contributed by atoms with Gasteiger partial charge in [0.2, 0.25) is 5.60 Å². The lowest BCUT2D eigenvalue weighted by molar-refractivity contribution is -0.163. The Morgan fingerprint density at radius 3 is 2.74 bits per heavy atom. The SMILES string of the molecule is Cc1cccc(C2=CC(=O)O[C@]3(C2)C(=O)Nc2ccccc23)c1. The van der Waals surface area contributed by atoms with Crippen LogP contribution in [-0.2, 0) is 19.9 Å². The maximum atomic E-state index is 12.6. The van der Waals surface area contributed by atoms with Crippen LogP contribution in [0.4, 0.5) is 5.69 Å². The Hall–Kier alpha value is -2.88. The standard InChI is InChI=1S/C19H15NO3/c1-12-5-4-6-13(9-12)14-10-17(21)23-19(11-14)15-7-2-3-8-16(15)20-18(19)22/h2-10H,11H2,1H3,(H,20,22)/t19-/m0/s1. The predicted molar refractivity (Wildman–Crippen MR) is 86.6 cm³/mol. The minimum atomic E-state index is -1.26. The number of carbonyl (C=O) groups excluding carboxylic acids is 2. The molecule has 0 aromatic heterocycles. The summed E-state index contributed by atoms with van der Waals surface area (Å²) in [5.74, 6) is -0.773. The van der Waals surface area contributed by atoms with E-state index >= 15 is 0 Å². The average molecular weight is 305 g/mol. The normalized spacial score (nSPS) is 22.4. The summed E-state index contributed by atoms with van der Waals surface area (Å²) in [5.41, 5.74) is 3.02. The Balaban J connectivity index is 1.83. The summed E-state index contributed by atoms with van der Waals surface area (Å²) in [6, 6.07) is 15.2. The third-order valence-corrected chi connectivity index (χ3v) is 4.37. The fourth-order valence-corrected chi connectivity index (χ4v) is 3.30. The van der Waals surface area contributed by atoms with E-state index < -0.39 is 11.6 Å². The van der Waals surface area contributed by atoms with Crippen molar-refractivity contribution in [3.63, 3.8) is 0 Å². The highest BCUT2D eigenvalue weighted by Crippen LogP contribution is 2.46. The van der Waals surface area contributed by atoms with E-state index in [9.17, 15) is 9.59 Å². The number of nitrogens with one attached hydrogen (secondary N) is 1. The van der Waals surface area contributed by atoms with E-state index in [1.807, 2.05) is 55.5 Å². The van der Waals surface area contributed by atoms with Gasteiger partial charge in [0.1, 0.15) is 0 Å². The molecule has 1 N–H and O–H groups in total. The fraction of sp³-hybridized carbons (Fsp3) is 0.158. The molecular weight excluding hydrogens is 290 g/mol. The van der Waals surface area contributed by atoms with Gasteiger partial charge in [-0.2, -0.15) is 0 Å². The van der Waals surface area contributed by atoms with Crippen molar-refractivity contribution in [2.24, 2.45) is 0 Å². The Morgan fingerprint density at radius 2 is 1.91 bits per heavy atom. The Kier molecular flexibility index (Phi) is 2.88. The number of hydrogen-bond donors (Lipinski definition) is 1. The minimum absolute atomic E-state index is 0.287. The first-order valence-electron chi connectivity index (χ1n) is 7.50. The van der Waals surface area contributed by atoms with Crippen molar-refractivity contribution in [2.75, 3.05) is 5.32 Å². The highest BCUT2D eigenvalue weighted by Gasteiger charge is 2.52. The van der Waals surface area contributed by atoms with Crippen LogP contribution in [0.25, 0.3) is 5.57 Å². The number of anilines is 1. The van der Waals surface area contributed by atoms with E-state index in [2.05, 4.69) is 5.32 Å². The molecular formula is C19H15NO3. The van der Waals surface area contributed by atoms with E-state index in [0.717, 1.165) is 22.3 Å². The molecule has 0 saturated carbocycles. The van der Waals surface area contributed by atoms with Gasteiger partial charge in [-0.05, 0) is 24.1 Å². The molecule has 0 bridgehead atoms. The van der Waals surface area contributed by atoms with Crippen molar-refractivity contribution in [2.45, 2.75) is 18.9 Å². The lowest BCUT2D eigenvalue weighted by atomic mass is 9.83. The molecule has 4 nitrogen and oxygen atoms in total. The zero-order valence-electron chi connectivity index (χ0n) is 12.6. The number of fused-ring (bicyclic) bond motifs is 2. The van der Waals surface area contributed by atoms with Gasteiger partial charge in [-0.1, -0.05) is 48.0 Å². The molecule has 2 heterocycles. The van der Waals surface area contributed by atoms with Crippen LogP contribution in [0, 0.1) is 6.92 Å². The second-order valence-electron chi connectivity index (χ2n) is 5.96. The number of ether oxygens (including phenoxy) is 1. The monoisotopic (exact) mass is 305 g/mol. The van der Waals surface area contributed by atoms with Gasteiger partial charge in [-0.25, -0.2) is 4.79 Å². The first-order chi connectivity index (χ1) is 11.1. The topological polar surface area (TPSA) is 55.4 Å². The number of para-hydroxylation sites is 1. The van der Waals surface area contributed by atoms with E-state index in [-0.39, 0.29) is 5.91 Å². The van der Waals surface area contributed by atoms with Crippen LogP contribution in [0.1, 0.15) is 23.1 Å². The number of amides is 1. The minimum Gasteiger partial charge on any atom is -0.440 e. The summed E-state index contributed by atoms with van der Waals surface area (Å²) in [7, 11) is 0. The van der Waals surface area contributed by atoms with Crippen molar-refractivity contribution in [3.8, 4) is 0 Å². The molecule has 23 heavy (non-hydrogen) atoms. The van der Waals surface area contributed by atoms with Crippen molar-refractivity contribution in [1.82, 2.24) is 0 Å². The fourth-order valence-electron chi connectivity index (χ4n) is 3.30. The van der Waals surface area contributed by atoms with Crippen LogP contribution in [0.2, 0.25) is 0 Å². The number of esters is 1. The summed E-state index contributed by atoms with van der Waals surface area (Å²) in [6.45, 7) is 2.00. The molecule has 2 aromatic carbocycles. The highest BCUT2D eigenvalue weighted by atomic mass is 16.6. The van der Waals surface area contributed by atoms with Crippen molar-refractivity contribution < 1.29 is 14.3 Å². The summed E-state index contributed by atoms with van der Waals surface area (Å²) < 4.78 is 5.53. The largest absolute Gasteiger partial charge is 0.440 e. The second-order valence-corrected chi connectivity index (χ2v) is 5.96. The van der Waals surface area contributed by atoms with E-state index in [0.29, 0.717) is 12.1 Å². The molecule has 114 valence electrons. The third kappa shape index (κ3) is 2.06. The molecule has 2 aliphatic rings. The van der Waals surface area contributed by atoms with Crippen molar-refractivity contribution in [1.29, 1.82) is 0 Å². The maximum Gasteiger partial charge on any atom is 0.332 e. The van der Waals surface area contributed by atoms with Gasteiger partial charge in [0.05, 0.1) is 0 Å². The first kappa shape index (κ1) is 13.8. The van der Waals surface area contributed by atoms with Gasteiger partial charge in [-0.3, -0.25) is 4.79 Å². The molecule has 0 saturated heterocycles. The lowest BCUT2D eigenvalue weighted by Crippen LogP contribution is -2.41. The molecule has 0 fully saturated rings. The second kappa shape index (κ2) is 4.81. The highest BCUT2D eigenvalue weighted by molar-refractivity contribution is 6.09. The quantitative estimate of drug-likeness (QED) is 0.823. The zero-order chi connectivity index (χ0) is 16.0. The summed E-state index contributed by atoms with van der Waals surface area (Å²) >= 11 is 0. The Morgan fingerprint density at radius 1 is 1.09 bits per heavy atom. The number of aryl methyl sites for hydroxylation is 1. The molecule has 0 unspecified atom stereocenters. The van der Waals surface area contributed by atoms with E-state index in [4.69, 9.17) is 4.74 Å². The van der Waals surface area contributed by atoms with Crippen molar-refractivity contribution >= 4 is 23.1 Å². The van der Waals surface area contributed by atoms with Crippen LogP contribution >= 0.6 is 0 Å². The van der Waals surface area contributed by atoms with Crippen LogP contribution in [0.3, 0.4) is 0 Å². The van der Waals surface area contributed by atoms with E-state index in [1.54, 1.807) is 0 Å². The van der Waals surface area contributed by atoms with Crippen LogP contribution in [0.15, 0.2) is 54.6 Å². The average Bonchev–Trinajstić information content (AvgIpc) is 2.79. The van der Waals surface area contributed by atoms with Gasteiger partial charge in [-0.15, -0.1) is 0 Å². The van der Waals surface area contributed by atoms with Crippen LogP contribution in [-0.4, -0.2) is 11.9 Å². The van der Waals surface area contributed by atoms with Gasteiger partial charge in [0.15, 0.2) is 0 Å². The smallest absolute Gasteiger partial charge is 0.332 e. The van der Waals surface area contributed by atoms with Gasteiger partial charge in [0.25, 0.3) is 5.91 Å². The molecule has 4 heteroatoms. The maximum absolute atomic E-state index is 12.6. The molecule has 4 rings (SSSR count). The Bertz CT molecular complexity index is 868. The zero-order valence-corrected chi connectivity index (χ0v) is 12.6. The van der Waals surface area contributed by atoms with E-state index in [1.165, 1.54) is 6.08 Å². The van der Waals surface area contributed by atoms with Crippen LogP contribution < -0.4 is 5.32 Å². The summed E-state index contributed by atoms with van der Waals surface area (Å²) in [6.07, 6.45) is 1.82. The summed E-state index contributed by atoms with van der Waals surface area (Å²) in [4.78, 5) is 24.8. The molecule has 1 spiro atoms. The van der Waals surface area contributed by atoms with Gasteiger partial charge < -0.3 is 10.1 Å². The molecule has 0 aliphatic carbocycles. The number of benzene rings is 2. The summed E-state index contributed by atoms with van der Waals surface area (Å²) in [5, 5.41) is 2.82. The first-order valence-corrected chi connectivity index (χ1v) is 7.50. The number of hydrogen-bond acceptors (Lipinski definition) is 3. The Labute approximate surface area is 133 Å². The number of carbonyl (C=O) groups is 2. The molecule has 1 atom stereocenters. The molecule has 1 amide bonds. The number of rotatable bonds is 1. The predicted octanol–water partition coefficient (Wildman–Crippen LogP) is 3.17. The van der Waals surface area contributed by atoms with Gasteiger partial charge in [0, 0.05) is 23.7 Å². The van der Waals surface area contributed by atoms with Gasteiger partial charge >= 0.3 is 5.97 Å². The van der Waals surface area contributed by atoms with Crippen LogP contribution in [0.5, 0.6) is 0 Å². The molecule has 2 aromatic rings. The molecule has 2 aliphatic heterocycles. The molecule has 0 radical (unpaired) electrons. The third-order valence-electron chi connectivity index (χ3n) is 4.37. The van der Waals surface area contributed by atoms with Crippen molar-refractivity contribution in [3.05, 3.63) is 71.3 Å².